The molecule has 0 radical (unpaired) electrons. The third-order valence-electron chi connectivity index (χ3n) is 2.99. The minimum Gasteiger partial charge on any atom is -0.507 e. The Kier molecular flexibility index (Phi) is 4.15. The second kappa shape index (κ2) is 5.84. The van der Waals surface area contributed by atoms with Gasteiger partial charge in [0, 0.05) is 10.7 Å². The van der Waals surface area contributed by atoms with Crippen LogP contribution < -0.4 is 11.1 Å². The molecule has 2 aromatic carbocycles. The molecule has 0 fully saturated rings. The van der Waals surface area contributed by atoms with Crippen molar-refractivity contribution < 1.29 is 9.90 Å². The molecule has 1 atom stereocenters. The molecule has 20 heavy (non-hydrogen) atoms. The van der Waals surface area contributed by atoms with Crippen LogP contribution in [-0.4, -0.2) is 11.0 Å². The van der Waals surface area contributed by atoms with Crippen LogP contribution in [0.2, 0.25) is 5.02 Å². The molecule has 0 bridgehead atoms. The molecule has 4 N–H and O–H groups in total. The Morgan fingerprint density at radius 1 is 1.25 bits per heavy atom. The van der Waals surface area contributed by atoms with Gasteiger partial charge in [-0.15, -0.1) is 0 Å². The average molecular weight is 291 g/mol. The van der Waals surface area contributed by atoms with Crippen LogP contribution in [0.5, 0.6) is 5.75 Å². The van der Waals surface area contributed by atoms with Crippen molar-refractivity contribution in [3.05, 3.63) is 58.6 Å². The molecule has 0 aromatic heterocycles. The number of benzene rings is 2. The number of aromatic hydroxyl groups is 1. The van der Waals surface area contributed by atoms with E-state index in [1.165, 1.54) is 12.1 Å². The van der Waals surface area contributed by atoms with Gasteiger partial charge in [-0.2, -0.15) is 0 Å². The third kappa shape index (κ3) is 3.22. The highest BCUT2D eigenvalue weighted by Crippen LogP contribution is 2.23. The molecule has 0 aliphatic carbocycles. The number of carbonyl (C=O) groups excluding carboxylic acids is 1. The lowest BCUT2D eigenvalue weighted by atomic mass is 10.1. The smallest absolute Gasteiger partial charge is 0.255 e. The molecule has 0 saturated heterocycles. The van der Waals surface area contributed by atoms with Crippen LogP contribution in [0.3, 0.4) is 0 Å². The first-order valence-electron chi connectivity index (χ1n) is 6.12. The van der Waals surface area contributed by atoms with E-state index in [1.54, 1.807) is 18.2 Å². The Hall–Kier alpha value is -2.20. The van der Waals surface area contributed by atoms with Crippen molar-refractivity contribution in [2.45, 2.75) is 13.0 Å². The molecule has 2 rings (SSSR count). The molecule has 0 aliphatic rings. The van der Waals surface area contributed by atoms with Crippen LogP contribution in [-0.2, 0) is 0 Å². The molecule has 0 spiro atoms. The van der Waals surface area contributed by atoms with Crippen molar-refractivity contribution in [3.63, 3.8) is 0 Å². The van der Waals surface area contributed by atoms with Gasteiger partial charge in [0.25, 0.3) is 5.91 Å². The zero-order valence-electron chi connectivity index (χ0n) is 10.9. The summed E-state index contributed by atoms with van der Waals surface area (Å²) in [6, 6.07) is 11.4. The summed E-state index contributed by atoms with van der Waals surface area (Å²) in [7, 11) is 0. The fraction of sp³-hybridized carbons (Fsp3) is 0.133. The third-order valence-corrected chi connectivity index (χ3v) is 3.22. The van der Waals surface area contributed by atoms with E-state index in [9.17, 15) is 9.90 Å². The molecule has 0 aliphatic heterocycles. The van der Waals surface area contributed by atoms with E-state index < -0.39 is 0 Å². The summed E-state index contributed by atoms with van der Waals surface area (Å²) >= 11 is 5.73. The van der Waals surface area contributed by atoms with E-state index in [0.717, 1.165) is 5.56 Å². The first kappa shape index (κ1) is 14.2. The Morgan fingerprint density at radius 3 is 2.50 bits per heavy atom. The van der Waals surface area contributed by atoms with Crippen molar-refractivity contribution in [1.29, 1.82) is 0 Å². The van der Waals surface area contributed by atoms with E-state index in [2.05, 4.69) is 5.32 Å². The van der Waals surface area contributed by atoms with Crippen LogP contribution in [0.25, 0.3) is 0 Å². The highest BCUT2D eigenvalue weighted by molar-refractivity contribution is 6.30. The van der Waals surface area contributed by atoms with Gasteiger partial charge in [0.1, 0.15) is 5.75 Å². The number of anilines is 1. The Morgan fingerprint density at radius 2 is 1.90 bits per heavy atom. The van der Waals surface area contributed by atoms with E-state index >= 15 is 0 Å². The number of rotatable bonds is 3. The molecule has 5 heteroatoms. The van der Waals surface area contributed by atoms with Crippen molar-refractivity contribution in [3.8, 4) is 5.75 Å². The molecule has 1 unspecified atom stereocenters. The summed E-state index contributed by atoms with van der Waals surface area (Å²) in [6.07, 6.45) is 0. The quantitative estimate of drug-likeness (QED) is 0.760. The largest absolute Gasteiger partial charge is 0.507 e. The number of phenolic OH excluding ortho intramolecular Hbond substituents is 1. The Balaban J connectivity index is 2.13. The maximum atomic E-state index is 12.1. The minimum atomic E-state index is -0.358. The van der Waals surface area contributed by atoms with Gasteiger partial charge in [-0.3, -0.25) is 4.79 Å². The first-order chi connectivity index (χ1) is 9.47. The maximum Gasteiger partial charge on any atom is 0.255 e. The highest BCUT2D eigenvalue weighted by atomic mass is 35.5. The minimum absolute atomic E-state index is 0.139. The molecule has 1 amide bonds. The normalized spacial score (nSPS) is 11.9. The fourth-order valence-electron chi connectivity index (χ4n) is 1.84. The van der Waals surface area contributed by atoms with Crippen LogP contribution in [0.1, 0.15) is 28.9 Å². The molecule has 2 aromatic rings. The Labute approximate surface area is 122 Å². The number of amides is 1. The van der Waals surface area contributed by atoms with Gasteiger partial charge < -0.3 is 16.2 Å². The van der Waals surface area contributed by atoms with Gasteiger partial charge in [0.2, 0.25) is 0 Å². The fourth-order valence-corrected chi connectivity index (χ4v) is 2.01. The number of hydrogen-bond acceptors (Lipinski definition) is 3. The highest BCUT2D eigenvalue weighted by Gasteiger charge is 2.14. The molecule has 4 nitrogen and oxygen atoms in total. The molecule has 0 saturated carbocycles. The maximum absolute atomic E-state index is 12.1. The summed E-state index contributed by atoms with van der Waals surface area (Å²) in [5, 5.41) is 12.9. The summed E-state index contributed by atoms with van der Waals surface area (Å²) in [5.41, 5.74) is 7.41. The predicted molar refractivity (Wildman–Crippen MR) is 79.9 cm³/mol. The summed E-state index contributed by atoms with van der Waals surface area (Å²) in [6.45, 7) is 1.86. The second-order valence-electron chi connectivity index (χ2n) is 4.52. The van der Waals surface area contributed by atoms with E-state index in [1.807, 2.05) is 19.1 Å². The van der Waals surface area contributed by atoms with Gasteiger partial charge in [-0.25, -0.2) is 0 Å². The lowest BCUT2D eigenvalue weighted by Crippen LogP contribution is -2.26. The number of halogens is 1. The van der Waals surface area contributed by atoms with Crippen LogP contribution >= 0.6 is 11.6 Å². The average Bonchev–Trinajstić information content (AvgIpc) is 2.39. The van der Waals surface area contributed by atoms with E-state index in [0.29, 0.717) is 10.7 Å². The number of phenols is 1. The van der Waals surface area contributed by atoms with Gasteiger partial charge in [0.05, 0.1) is 11.6 Å². The zero-order chi connectivity index (χ0) is 14.7. The lowest BCUT2D eigenvalue weighted by molar-refractivity contribution is 0.0937. The molecular weight excluding hydrogens is 276 g/mol. The number of nitrogen functional groups attached to an aromatic ring is 1. The zero-order valence-corrected chi connectivity index (χ0v) is 11.7. The van der Waals surface area contributed by atoms with Gasteiger partial charge in [-0.05, 0) is 42.8 Å². The van der Waals surface area contributed by atoms with Crippen molar-refractivity contribution in [2.24, 2.45) is 0 Å². The molecular formula is C15H15ClN2O2. The standard InChI is InChI=1S/C15H15ClN2O2/c1-9(10-2-5-12(17)6-3-10)18-15(20)13-7-4-11(16)8-14(13)19/h2-9,19H,17H2,1H3,(H,18,20). The number of carbonyl (C=O) groups is 1. The van der Waals surface area contributed by atoms with Gasteiger partial charge in [-0.1, -0.05) is 23.7 Å². The molecule has 0 heterocycles. The second-order valence-corrected chi connectivity index (χ2v) is 4.96. The topological polar surface area (TPSA) is 75.3 Å². The van der Waals surface area contributed by atoms with Crippen LogP contribution in [0, 0.1) is 0 Å². The molecule has 104 valence electrons. The van der Waals surface area contributed by atoms with E-state index in [-0.39, 0.29) is 23.3 Å². The van der Waals surface area contributed by atoms with E-state index in [4.69, 9.17) is 17.3 Å². The number of nitrogens with two attached hydrogens (primary N) is 1. The number of nitrogens with one attached hydrogen (secondary N) is 1. The number of hydrogen-bond donors (Lipinski definition) is 3. The van der Waals surface area contributed by atoms with Gasteiger partial charge in [0.15, 0.2) is 0 Å². The summed E-state index contributed by atoms with van der Waals surface area (Å²) < 4.78 is 0. The van der Waals surface area contributed by atoms with Crippen molar-refractivity contribution in [2.75, 3.05) is 5.73 Å². The first-order valence-corrected chi connectivity index (χ1v) is 6.50. The summed E-state index contributed by atoms with van der Waals surface area (Å²) in [4.78, 5) is 12.1. The van der Waals surface area contributed by atoms with Crippen LogP contribution in [0.4, 0.5) is 5.69 Å². The lowest BCUT2D eigenvalue weighted by Gasteiger charge is -2.15. The van der Waals surface area contributed by atoms with Gasteiger partial charge >= 0.3 is 0 Å². The SMILES string of the molecule is CC(NC(=O)c1ccc(Cl)cc1O)c1ccc(N)cc1. The predicted octanol–water partition coefficient (Wildman–Crippen LogP) is 3.12. The van der Waals surface area contributed by atoms with Crippen molar-refractivity contribution in [1.82, 2.24) is 5.32 Å². The summed E-state index contributed by atoms with van der Waals surface area (Å²) in [5.74, 6) is -0.497. The van der Waals surface area contributed by atoms with Crippen molar-refractivity contribution >= 4 is 23.2 Å². The van der Waals surface area contributed by atoms with Crippen LogP contribution in [0.15, 0.2) is 42.5 Å². The monoisotopic (exact) mass is 290 g/mol. The Bertz CT molecular complexity index is 626.